The van der Waals surface area contributed by atoms with Gasteiger partial charge in [0, 0.05) is 45.1 Å². The Balaban J connectivity index is 1.34. The number of fused-ring (bicyclic) bond motifs is 2. The van der Waals surface area contributed by atoms with Gasteiger partial charge in [-0.2, -0.15) is 0 Å². The Kier molecular flexibility index (Phi) is 10.7. The molecule has 7 N–H and O–H groups in total. The van der Waals surface area contributed by atoms with Crippen LogP contribution in [0.3, 0.4) is 0 Å². The Hall–Kier alpha value is -4.96. The lowest BCUT2D eigenvalue weighted by atomic mass is 9.96. The SMILES string of the molecule is CC(=O)N[C@H](Cc1ccc2ccccc2c1)C(=O)N1CC(CCCN=C(N)N)N(C(=O)[C@H](N)Cc2ccc3ccccc3c2)CC1C. The van der Waals surface area contributed by atoms with Gasteiger partial charge in [-0.1, -0.05) is 84.9 Å². The second kappa shape index (κ2) is 15.1. The van der Waals surface area contributed by atoms with E-state index in [1.165, 1.54) is 6.92 Å². The van der Waals surface area contributed by atoms with Gasteiger partial charge in [0.2, 0.25) is 17.7 Å². The highest BCUT2D eigenvalue weighted by atomic mass is 16.2. The van der Waals surface area contributed by atoms with Crippen LogP contribution in [-0.4, -0.2) is 77.3 Å². The highest BCUT2D eigenvalue weighted by Gasteiger charge is 2.39. The van der Waals surface area contributed by atoms with Crippen LogP contribution in [0.1, 0.15) is 37.8 Å². The molecule has 4 aromatic carbocycles. The predicted octanol–water partition coefficient (Wildman–Crippen LogP) is 3.09. The normalized spacial score (nSPS) is 17.7. The zero-order valence-corrected chi connectivity index (χ0v) is 27.1. The fraction of sp³-hybridized carbons (Fsp3) is 0.351. The molecule has 10 nitrogen and oxygen atoms in total. The summed E-state index contributed by atoms with van der Waals surface area (Å²) >= 11 is 0. The fourth-order valence-corrected chi connectivity index (χ4v) is 6.56. The average molecular weight is 636 g/mol. The van der Waals surface area contributed by atoms with E-state index in [0.29, 0.717) is 45.3 Å². The third kappa shape index (κ3) is 8.45. The number of guanidine groups is 1. The molecule has 4 atom stereocenters. The van der Waals surface area contributed by atoms with Gasteiger partial charge in [-0.3, -0.25) is 19.4 Å². The number of hydrogen-bond donors (Lipinski definition) is 4. The summed E-state index contributed by atoms with van der Waals surface area (Å²) in [4.78, 5) is 48.1. The third-order valence-corrected chi connectivity index (χ3v) is 8.91. The Morgan fingerprint density at radius 3 is 1.96 bits per heavy atom. The molecule has 0 spiro atoms. The number of nitrogens with zero attached hydrogens (tertiary/aromatic N) is 3. The molecule has 1 fully saturated rings. The first-order chi connectivity index (χ1) is 22.6. The molecule has 0 aromatic heterocycles. The molecular weight excluding hydrogens is 590 g/mol. The molecule has 0 bridgehead atoms. The van der Waals surface area contributed by atoms with E-state index < -0.39 is 12.1 Å². The number of benzene rings is 4. The van der Waals surface area contributed by atoms with Crippen molar-refractivity contribution in [3.63, 3.8) is 0 Å². The van der Waals surface area contributed by atoms with E-state index in [9.17, 15) is 14.4 Å². The predicted molar refractivity (Wildman–Crippen MR) is 187 cm³/mol. The number of carbonyl (C=O) groups is 3. The molecule has 2 unspecified atom stereocenters. The number of carbonyl (C=O) groups excluding carboxylic acids is 3. The maximum atomic E-state index is 14.2. The average Bonchev–Trinajstić information content (AvgIpc) is 3.05. The van der Waals surface area contributed by atoms with Crippen molar-refractivity contribution in [1.29, 1.82) is 0 Å². The molecule has 3 amide bonds. The highest BCUT2D eigenvalue weighted by Crippen LogP contribution is 2.24. The van der Waals surface area contributed by atoms with Gasteiger partial charge in [0.25, 0.3) is 0 Å². The number of aliphatic imine (C=N–C) groups is 1. The molecule has 1 aliphatic heterocycles. The van der Waals surface area contributed by atoms with E-state index in [0.717, 1.165) is 32.7 Å². The Morgan fingerprint density at radius 1 is 0.809 bits per heavy atom. The van der Waals surface area contributed by atoms with Crippen molar-refractivity contribution in [2.45, 2.75) is 63.7 Å². The van der Waals surface area contributed by atoms with Gasteiger partial charge in [0.15, 0.2) is 5.96 Å². The summed E-state index contributed by atoms with van der Waals surface area (Å²) in [5, 5.41) is 7.29. The molecule has 0 aliphatic carbocycles. The van der Waals surface area contributed by atoms with Crippen LogP contribution >= 0.6 is 0 Å². The Bertz CT molecular complexity index is 1770. The van der Waals surface area contributed by atoms with Gasteiger partial charge < -0.3 is 32.3 Å². The molecule has 1 saturated heterocycles. The number of piperazine rings is 1. The lowest BCUT2D eigenvalue weighted by Gasteiger charge is -2.47. The Labute approximate surface area is 276 Å². The van der Waals surface area contributed by atoms with Gasteiger partial charge >= 0.3 is 0 Å². The second-order valence-corrected chi connectivity index (χ2v) is 12.6. The first kappa shape index (κ1) is 33.4. The minimum Gasteiger partial charge on any atom is -0.370 e. The summed E-state index contributed by atoms with van der Waals surface area (Å²) in [6.45, 7) is 4.40. The minimum absolute atomic E-state index is 0.0104. The minimum atomic E-state index is -0.754. The van der Waals surface area contributed by atoms with Gasteiger partial charge in [0.1, 0.15) is 6.04 Å². The van der Waals surface area contributed by atoms with Crippen molar-refractivity contribution in [3.05, 3.63) is 96.1 Å². The summed E-state index contributed by atoms with van der Waals surface area (Å²) in [5.74, 6) is -0.600. The first-order valence-corrected chi connectivity index (χ1v) is 16.2. The molecule has 0 saturated carbocycles. The van der Waals surface area contributed by atoms with Crippen molar-refractivity contribution in [2.75, 3.05) is 19.6 Å². The summed E-state index contributed by atoms with van der Waals surface area (Å²) in [7, 11) is 0. The van der Waals surface area contributed by atoms with Gasteiger partial charge in [-0.05, 0) is 58.9 Å². The highest BCUT2D eigenvalue weighted by molar-refractivity contribution is 5.89. The summed E-state index contributed by atoms with van der Waals surface area (Å²) in [6.07, 6.45) is 1.95. The monoisotopic (exact) mass is 635 g/mol. The summed E-state index contributed by atoms with van der Waals surface area (Å²) in [6, 6.07) is 26.3. The molecule has 47 heavy (non-hydrogen) atoms. The van der Waals surface area contributed by atoms with Crippen LogP contribution in [0.2, 0.25) is 0 Å². The second-order valence-electron chi connectivity index (χ2n) is 12.6. The van der Waals surface area contributed by atoms with Crippen molar-refractivity contribution in [3.8, 4) is 0 Å². The van der Waals surface area contributed by atoms with E-state index in [1.54, 1.807) is 4.90 Å². The number of rotatable bonds is 11. The van der Waals surface area contributed by atoms with Crippen LogP contribution in [0.25, 0.3) is 21.5 Å². The molecule has 5 rings (SSSR count). The number of nitrogens with one attached hydrogen (secondary N) is 1. The van der Waals surface area contributed by atoms with Crippen LogP contribution < -0.4 is 22.5 Å². The molecule has 1 aliphatic rings. The van der Waals surface area contributed by atoms with Crippen molar-refractivity contribution in [2.24, 2.45) is 22.2 Å². The van der Waals surface area contributed by atoms with Crippen molar-refractivity contribution in [1.82, 2.24) is 15.1 Å². The van der Waals surface area contributed by atoms with Crippen LogP contribution in [0.4, 0.5) is 0 Å². The first-order valence-electron chi connectivity index (χ1n) is 16.2. The standard InChI is InChI=1S/C37H45N7O3/c1-24-22-44(35(46)33(38)20-26-13-15-28-8-3-5-10-30(28)18-26)32(12-7-17-41-37(39)40)23-43(24)36(47)34(42-25(2)45)21-27-14-16-29-9-4-6-11-31(29)19-27/h3-6,8-11,13-16,18-19,24,32-34H,7,12,17,20-23,38H2,1-2H3,(H,42,45)(H4,39,40,41)/t24?,32?,33-,34-/m1/s1. The summed E-state index contributed by atoms with van der Waals surface area (Å²) < 4.78 is 0. The van der Waals surface area contributed by atoms with E-state index in [-0.39, 0.29) is 35.8 Å². The fourth-order valence-electron chi connectivity index (χ4n) is 6.56. The zero-order valence-electron chi connectivity index (χ0n) is 27.1. The number of nitrogens with two attached hydrogens (primary N) is 3. The topological polar surface area (TPSA) is 160 Å². The van der Waals surface area contributed by atoms with Gasteiger partial charge in [-0.15, -0.1) is 0 Å². The van der Waals surface area contributed by atoms with Gasteiger partial charge in [-0.25, -0.2) is 0 Å². The van der Waals surface area contributed by atoms with E-state index in [4.69, 9.17) is 17.2 Å². The van der Waals surface area contributed by atoms with Crippen LogP contribution in [-0.2, 0) is 27.2 Å². The maximum absolute atomic E-state index is 14.2. The van der Waals surface area contributed by atoms with Crippen LogP contribution in [0.5, 0.6) is 0 Å². The molecule has 246 valence electrons. The lowest BCUT2D eigenvalue weighted by Crippen LogP contribution is -2.65. The van der Waals surface area contributed by atoms with E-state index in [1.807, 2.05) is 78.6 Å². The largest absolute Gasteiger partial charge is 0.370 e. The third-order valence-electron chi connectivity index (χ3n) is 8.91. The van der Waals surface area contributed by atoms with Crippen LogP contribution in [0, 0.1) is 0 Å². The molecular formula is C37H45N7O3. The van der Waals surface area contributed by atoms with E-state index in [2.05, 4.69) is 28.5 Å². The number of hydrogen-bond acceptors (Lipinski definition) is 5. The summed E-state index contributed by atoms with van der Waals surface area (Å²) in [5.41, 5.74) is 19.6. The van der Waals surface area contributed by atoms with Gasteiger partial charge in [0.05, 0.1) is 6.04 Å². The maximum Gasteiger partial charge on any atom is 0.245 e. The van der Waals surface area contributed by atoms with E-state index >= 15 is 0 Å². The Morgan fingerprint density at radius 2 is 1.38 bits per heavy atom. The number of amides is 3. The lowest BCUT2D eigenvalue weighted by molar-refractivity contribution is -0.149. The zero-order chi connectivity index (χ0) is 33.5. The van der Waals surface area contributed by atoms with Crippen molar-refractivity contribution >= 4 is 45.2 Å². The molecule has 0 radical (unpaired) electrons. The molecule has 1 heterocycles. The van der Waals surface area contributed by atoms with Crippen molar-refractivity contribution < 1.29 is 14.4 Å². The molecule has 4 aromatic rings. The van der Waals surface area contributed by atoms with Crippen LogP contribution in [0.15, 0.2) is 89.9 Å². The quantitative estimate of drug-likeness (QED) is 0.113. The molecule has 10 heteroatoms. The smallest absolute Gasteiger partial charge is 0.245 e.